The molecule has 0 saturated carbocycles. The van der Waals surface area contributed by atoms with Crippen LogP contribution in [-0.4, -0.2) is 44.3 Å². The van der Waals surface area contributed by atoms with Gasteiger partial charge in [0, 0.05) is 11.8 Å². The van der Waals surface area contributed by atoms with Crippen LogP contribution in [0.3, 0.4) is 0 Å². The average Bonchev–Trinajstić information content (AvgIpc) is 3.17. The van der Waals surface area contributed by atoms with Crippen LogP contribution in [0.4, 0.5) is 0 Å². The first-order chi connectivity index (χ1) is 16.6. The molecule has 4 rings (SSSR count). The molecule has 0 amide bonds. The zero-order chi connectivity index (χ0) is 26.7. The SMILES string of the molecule is Cc1cn([C@@H]2O[C@H](Oc3ccccc3)C3(OS(=O)(=O)C=C3N)C2O[Si](C)(C)C(C)(C)C)c(=O)[nH]c1=O. The number of aromatic amines is 1. The molecule has 3 N–H and O–H groups in total. The van der Waals surface area contributed by atoms with Gasteiger partial charge in [-0.15, -0.1) is 0 Å². The van der Waals surface area contributed by atoms with Crippen molar-refractivity contribution in [2.75, 3.05) is 0 Å². The Bertz CT molecular complexity index is 1410. The summed E-state index contributed by atoms with van der Waals surface area (Å²) in [5.74, 6) is 0.360. The van der Waals surface area contributed by atoms with Crippen LogP contribution in [0.1, 0.15) is 32.6 Å². The number of H-pyrrole nitrogens is 1. The molecule has 2 unspecified atom stereocenters. The first-order valence-corrected chi connectivity index (χ1v) is 15.8. The second kappa shape index (κ2) is 8.70. The lowest BCUT2D eigenvalue weighted by Gasteiger charge is -2.43. The predicted octanol–water partition coefficient (Wildman–Crippen LogP) is 2.07. The molecule has 0 bridgehead atoms. The zero-order valence-corrected chi connectivity index (χ0v) is 22.8. The van der Waals surface area contributed by atoms with Crippen LogP contribution in [0.2, 0.25) is 18.1 Å². The molecule has 2 aromatic rings. The van der Waals surface area contributed by atoms with Gasteiger partial charge in [0.05, 0.1) is 11.1 Å². The van der Waals surface area contributed by atoms with Crippen LogP contribution in [0.15, 0.2) is 57.2 Å². The molecule has 1 aromatic heterocycles. The number of ether oxygens (including phenoxy) is 2. The van der Waals surface area contributed by atoms with Gasteiger partial charge in [-0.2, -0.15) is 8.42 Å². The van der Waals surface area contributed by atoms with Crippen LogP contribution < -0.4 is 21.7 Å². The van der Waals surface area contributed by atoms with Crippen molar-refractivity contribution in [3.8, 4) is 5.75 Å². The molecule has 0 aliphatic carbocycles. The highest BCUT2D eigenvalue weighted by Gasteiger charge is 2.68. The topological polar surface area (TPSA) is 152 Å². The normalized spacial score (nSPS) is 27.8. The number of nitrogens with zero attached hydrogens (tertiary/aromatic N) is 1. The highest BCUT2D eigenvalue weighted by Crippen LogP contribution is 2.51. The summed E-state index contributed by atoms with van der Waals surface area (Å²) in [6.45, 7) is 11.5. The van der Waals surface area contributed by atoms with Gasteiger partial charge in [0.25, 0.3) is 15.7 Å². The number of nitrogens with two attached hydrogens (primary N) is 1. The summed E-state index contributed by atoms with van der Waals surface area (Å²) in [5, 5.41) is 0.502. The van der Waals surface area contributed by atoms with Crippen molar-refractivity contribution in [1.29, 1.82) is 0 Å². The lowest BCUT2D eigenvalue weighted by Crippen LogP contribution is -2.59. The van der Waals surface area contributed by atoms with Gasteiger partial charge in [-0.3, -0.25) is 14.3 Å². The second-order valence-electron chi connectivity index (χ2n) is 10.5. The molecule has 0 radical (unpaired) electrons. The van der Waals surface area contributed by atoms with Gasteiger partial charge in [0.15, 0.2) is 14.5 Å². The third-order valence-electron chi connectivity index (χ3n) is 6.91. The number of rotatable bonds is 5. The van der Waals surface area contributed by atoms with Crippen molar-refractivity contribution in [3.63, 3.8) is 0 Å². The standard InChI is InChI=1S/C23H31N3O8SSi/c1-14-12-26(21(28)25-18(14)27)19-17(33-36(5,6)22(2,3)4)23(16(24)13-35(29,30)34-23)20(32-19)31-15-10-8-7-9-11-15/h7-13,17,19-20H,24H2,1-6H3,(H,25,27,28)/t17?,19-,20+,23?/m1/s1. The van der Waals surface area contributed by atoms with Crippen LogP contribution >= 0.6 is 0 Å². The minimum Gasteiger partial charge on any atom is -0.461 e. The quantitative estimate of drug-likeness (QED) is 0.431. The third-order valence-corrected chi connectivity index (χ3v) is 12.4. The van der Waals surface area contributed by atoms with E-state index in [2.05, 4.69) is 4.98 Å². The molecule has 1 saturated heterocycles. The van der Waals surface area contributed by atoms with Crippen LogP contribution in [-0.2, 0) is 23.5 Å². The third kappa shape index (κ3) is 4.45. The number of hydrogen-bond acceptors (Lipinski definition) is 9. The largest absolute Gasteiger partial charge is 0.461 e. The number of nitrogens with one attached hydrogen (secondary N) is 1. The Kier molecular flexibility index (Phi) is 6.37. The summed E-state index contributed by atoms with van der Waals surface area (Å²) in [4.78, 5) is 27.2. The summed E-state index contributed by atoms with van der Waals surface area (Å²) < 4.78 is 51.1. The Morgan fingerprint density at radius 2 is 1.81 bits per heavy atom. The fourth-order valence-corrected chi connectivity index (χ4v) is 6.39. The van der Waals surface area contributed by atoms with Gasteiger partial charge in [-0.05, 0) is 37.2 Å². The van der Waals surface area contributed by atoms with E-state index in [0.29, 0.717) is 5.75 Å². The molecule has 4 atom stereocenters. The molecular formula is C23H31N3O8SSi. The maximum Gasteiger partial charge on any atom is 0.330 e. The van der Waals surface area contributed by atoms with E-state index in [9.17, 15) is 18.0 Å². The van der Waals surface area contributed by atoms with E-state index in [1.54, 1.807) is 30.3 Å². The highest BCUT2D eigenvalue weighted by atomic mass is 32.2. The van der Waals surface area contributed by atoms with Gasteiger partial charge >= 0.3 is 5.69 Å². The molecule has 13 heteroatoms. The van der Waals surface area contributed by atoms with E-state index in [1.165, 1.54) is 13.1 Å². The van der Waals surface area contributed by atoms with Crippen molar-refractivity contribution in [2.24, 2.45) is 5.73 Å². The Balaban J connectivity index is 1.94. The molecule has 196 valence electrons. The molecule has 1 aromatic carbocycles. The van der Waals surface area contributed by atoms with Gasteiger partial charge < -0.3 is 19.6 Å². The Morgan fingerprint density at radius 1 is 1.17 bits per heavy atom. The number of aromatic nitrogens is 2. The molecule has 1 spiro atoms. The fraction of sp³-hybridized carbons (Fsp3) is 0.478. The van der Waals surface area contributed by atoms with E-state index < -0.39 is 53.9 Å². The van der Waals surface area contributed by atoms with Gasteiger partial charge in [0.1, 0.15) is 11.9 Å². The van der Waals surface area contributed by atoms with E-state index in [4.69, 9.17) is 23.8 Å². The van der Waals surface area contributed by atoms with Crippen molar-refractivity contribution in [2.45, 2.75) is 70.1 Å². The molecular weight excluding hydrogens is 506 g/mol. The molecule has 1 fully saturated rings. The number of para-hydroxylation sites is 1. The first-order valence-electron chi connectivity index (χ1n) is 11.4. The van der Waals surface area contributed by atoms with Gasteiger partial charge in [-0.1, -0.05) is 39.0 Å². The number of hydrogen-bond donors (Lipinski definition) is 2. The van der Waals surface area contributed by atoms with Crippen LogP contribution in [0.25, 0.3) is 0 Å². The predicted molar refractivity (Wildman–Crippen MR) is 134 cm³/mol. The molecule has 2 aliphatic heterocycles. The molecule has 2 aliphatic rings. The van der Waals surface area contributed by atoms with E-state index >= 15 is 0 Å². The van der Waals surface area contributed by atoms with Gasteiger partial charge in [-0.25, -0.2) is 8.98 Å². The van der Waals surface area contributed by atoms with E-state index in [-0.39, 0.29) is 16.3 Å². The lowest BCUT2D eigenvalue weighted by molar-refractivity contribution is -0.140. The van der Waals surface area contributed by atoms with Crippen molar-refractivity contribution < 1.29 is 26.5 Å². The smallest absolute Gasteiger partial charge is 0.330 e. The minimum atomic E-state index is -4.22. The average molecular weight is 538 g/mol. The van der Waals surface area contributed by atoms with Crippen molar-refractivity contribution in [3.05, 3.63) is 74.0 Å². The van der Waals surface area contributed by atoms with Crippen molar-refractivity contribution >= 4 is 18.4 Å². The van der Waals surface area contributed by atoms with E-state index in [1.807, 2.05) is 33.9 Å². The van der Waals surface area contributed by atoms with Crippen LogP contribution in [0, 0.1) is 6.92 Å². The fourth-order valence-electron chi connectivity index (χ4n) is 3.91. The summed E-state index contributed by atoms with van der Waals surface area (Å²) in [5.41, 5.74) is 3.15. The zero-order valence-electron chi connectivity index (χ0n) is 21.0. The molecule has 36 heavy (non-hydrogen) atoms. The number of benzene rings is 1. The summed E-state index contributed by atoms with van der Waals surface area (Å²) in [6, 6.07) is 8.58. The van der Waals surface area contributed by atoms with E-state index in [0.717, 1.165) is 9.98 Å². The second-order valence-corrected chi connectivity index (χ2v) is 16.7. The summed E-state index contributed by atoms with van der Waals surface area (Å²) in [6.07, 6.45) is -2.54. The monoisotopic (exact) mass is 537 g/mol. The Labute approximate surface area is 210 Å². The van der Waals surface area contributed by atoms with Crippen molar-refractivity contribution in [1.82, 2.24) is 9.55 Å². The summed E-state index contributed by atoms with van der Waals surface area (Å²) >= 11 is 0. The maximum absolute atomic E-state index is 12.9. The molecule has 3 heterocycles. The number of aryl methyl sites for hydroxylation is 1. The van der Waals surface area contributed by atoms with Gasteiger partial charge in [0.2, 0.25) is 11.9 Å². The minimum absolute atomic E-state index is 0.177. The molecule has 11 nitrogen and oxygen atoms in total. The maximum atomic E-state index is 12.9. The van der Waals surface area contributed by atoms with Crippen LogP contribution in [0.5, 0.6) is 5.75 Å². The highest BCUT2D eigenvalue weighted by molar-refractivity contribution is 7.90. The Hall–Kier alpha value is -2.71. The Morgan fingerprint density at radius 3 is 2.36 bits per heavy atom. The summed E-state index contributed by atoms with van der Waals surface area (Å²) in [7, 11) is -6.88. The lowest BCUT2D eigenvalue weighted by atomic mass is 9.94. The first kappa shape index (κ1) is 26.4.